The molecular weight excluding hydrogens is 482 g/mol. The molecule has 0 aliphatic heterocycles. The predicted octanol–water partition coefficient (Wildman–Crippen LogP) is 3.74. The van der Waals surface area contributed by atoms with Crippen LogP contribution in [0.3, 0.4) is 0 Å². The molecule has 0 aromatic rings. The fraction of sp³-hybridized carbons (Fsp3) is 1.00. The van der Waals surface area contributed by atoms with Crippen LogP contribution in [-0.4, -0.2) is 102 Å². The first kappa shape index (κ1) is 37.2. The van der Waals surface area contributed by atoms with E-state index in [1.54, 1.807) is 0 Å². The first-order valence-corrected chi connectivity index (χ1v) is 17.5. The average molecular weight is 542 g/mol. The third-order valence-corrected chi connectivity index (χ3v) is 11.3. The lowest BCUT2D eigenvalue weighted by atomic mass is 10.2. The van der Waals surface area contributed by atoms with Crippen LogP contribution in [-0.2, 0) is 26.6 Å². The Labute approximate surface area is 219 Å². The zero-order valence-electron chi connectivity index (χ0n) is 24.5. The minimum absolute atomic E-state index is 0.430. The Morgan fingerprint density at radius 1 is 0.686 bits per heavy atom. The van der Waals surface area contributed by atoms with Gasteiger partial charge in [-0.05, 0) is 101 Å². The maximum absolute atomic E-state index is 5.83. The van der Waals surface area contributed by atoms with Crippen LogP contribution < -0.4 is 11.1 Å². The molecule has 0 saturated carbocycles. The number of nitrogens with one attached hydrogen (secondary N) is 1. The van der Waals surface area contributed by atoms with Gasteiger partial charge in [0.15, 0.2) is 0 Å². The average Bonchev–Trinajstić information content (AvgIpc) is 2.79. The van der Waals surface area contributed by atoms with Gasteiger partial charge in [0.05, 0.1) is 0 Å². The van der Waals surface area contributed by atoms with E-state index in [-0.39, 0.29) is 0 Å². The van der Waals surface area contributed by atoms with Gasteiger partial charge < -0.3 is 42.5 Å². The van der Waals surface area contributed by atoms with Crippen molar-refractivity contribution in [3.63, 3.8) is 0 Å². The molecule has 1 unspecified atom stereocenters. The van der Waals surface area contributed by atoms with Crippen LogP contribution in [0.2, 0.25) is 12.1 Å². The summed E-state index contributed by atoms with van der Waals surface area (Å²) < 4.78 is 34.8. The first-order chi connectivity index (χ1) is 16.7. The monoisotopic (exact) mass is 541 g/mol. The fourth-order valence-electron chi connectivity index (χ4n) is 3.56. The van der Waals surface area contributed by atoms with Crippen LogP contribution in [0.1, 0.15) is 67.7 Å². The zero-order chi connectivity index (χ0) is 27.0. The zero-order valence-corrected chi connectivity index (χ0v) is 26.5. The van der Waals surface area contributed by atoms with Crippen LogP contribution >= 0.6 is 0 Å². The second-order valence-electron chi connectivity index (χ2n) is 8.41. The summed E-state index contributed by atoms with van der Waals surface area (Å²) in [6, 6.07) is 2.19. The molecule has 0 amide bonds. The quantitative estimate of drug-likeness (QED) is 0.148. The Balaban J connectivity index is 0. The first-order valence-electron chi connectivity index (χ1n) is 13.7. The maximum atomic E-state index is 5.83. The molecule has 0 fully saturated rings. The number of nitrogens with two attached hydrogens (primary N) is 1. The van der Waals surface area contributed by atoms with Gasteiger partial charge in [0, 0.05) is 57.8 Å². The lowest BCUT2D eigenvalue weighted by molar-refractivity contribution is 0.0694. The second kappa shape index (κ2) is 24.4. The van der Waals surface area contributed by atoms with Crippen molar-refractivity contribution in [3.05, 3.63) is 0 Å². The van der Waals surface area contributed by atoms with Gasteiger partial charge in [0.2, 0.25) is 0 Å². The summed E-state index contributed by atoms with van der Waals surface area (Å²) in [7, 11) is -0.710. The van der Waals surface area contributed by atoms with Crippen molar-refractivity contribution in [2.75, 3.05) is 73.4 Å². The van der Waals surface area contributed by atoms with Gasteiger partial charge in [-0.3, -0.25) is 0 Å². The van der Waals surface area contributed by atoms with Crippen molar-refractivity contribution < 1.29 is 26.6 Å². The Kier molecular flexibility index (Phi) is 26.0. The lowest BCUT2D eigenvalue weighted by Gasteiger charge is -2.29. The van der Waals surface area contributed by atoms with E-state index >= 15 is 0 Å². The van der Waals surface area contributed by atoms with Crippen molar-refractivity contribution in [3.8, 4) is 0 Å². The van der Waals surface area contributed by atoms with Crippen molar-refractivity contribution in [1.29, 1.82) is 0 Å². The molecule has 214 valence electrons. The molecule has 1 atom stereocenters. The molecule has 0 aliphatic rings. The summed E-state index contributed by atoms with van der Waals surface area (Å²) >= 11 is 0. The Hall–Kier alpha value is 0.0738. The van der Waals surface area contributed by atoms with Crippen LogP contribution in [0.4, 0.5) is 0 Å². The molecule has 0 rings (SSSR count). The standard InChI is InChI=1S/C13H32N2O3Si.C11H27NO3Si/c1-5-16-19(17-6-2,18-7-3)12-9-13(4)15-11-8-10-14;1-6-13-16(14-7-2,15-8-3)11-9-10-12(4)5/h13,15H,5-12,14H2,1-4H3;6-11H2,1-5H3. The molecule has 0 aromatic carbocycles. The highest BCUT2D eigenvalue weighted by Gasteiger charge is 2.40. The Morgan fingerprint density at radius 3 is 1.43 bits per heavy atom. The van der Waals surface area contributed by atoms with Crippen molar-refractivity contribution in [1.82, 2.24) is 10.2 Å². The Morgan fingerprint density at radius 2 is 1.09 bits per heavy atom. The SMILES string of the molecule is CCO[Si](CCC(C)NCCCN)(OCC)OCC.CCO[Si](CCCN(C)C)(OCC)OCC. The van der Waals surface area contributed by atoms with E-state index in [1.165, 1.54) is 0 Å². The highest BCUT2D eigenvalue weighted by Crippen LogP contribution is 2.20. The second-order valence-corrected chi connectivity index (χ2v) is 13.9. The van der Waals surface area contributed by atoms with Gasteiger partial charge in [-0.15, -0.1) is 0 Å². The van der Waals surface area contributed by atoms with Crippen LogP contribution in [0.5, 0.6) is 0 Å². The van der Waals surface area contributed by atoms with E-state index in [1.807, 2.05) is 41.5 Å². The topological polar surface area (TPSA) is 96.7 Å². The van der Waals surface area contributed by atoms with E-state index in [2.05, 4.69) is 31.2 Å². The number of hydrogen-bond donors (Lipinski definition) is 2. The summed E-state index contributed by atoms with van der Waals surface area (Å²) in [5.74, 6) is 0. The smallest absolute Gasteiger partial charge is 0.374 e. The molecule has 35 heavy (non-hydrogen) atoms. The maximum Gasteiger partial charge on any atom is 0.500 e. The normalized spacial score (nSPS) is 13.1. The third-order valence-electron chi connectivity index (χ3n) is 5.03. The molecule has 0 aromatic heterocycles. The molecule has 0 spiro atoms. The predicted molar refractivity (Wildman–Crippen MR) is 150 cm³/mol. The van der Waals surface area contributed by atoms with Crippen molar-refractivity contribution in [2.45, 2.75) is 85.9 Å². The van der Waals surface area contributed by atoms with Gasteiger partial charge in [-0.25, -0.2) is 0 Å². The summed E-state index contributed by atoms with van der Waals surface area (Å²) in [4.78, 5) is 2.17. The number of hydrogen-bond acceptors (Lipinski definition) is 9. The highest BCUT2D eigenvalue weighted by molar-refractivity contribution is 6.61. The van der Waals surface area contributed by atoms with E-state index in [0.29, 0.717) is 45.7 Å². The number of nitrogens with zero attached hydrogens (tertiary/aromatic N) is 1. The minimum Gasteiger partial charge on any atom is -0.374 e. The van der Waals surface area contributed by atoms with Gasteiger partial charge in [0.1, 0.15) is 0 Å². The van der Waals surface area contributed by atoms with Crippen molar-refractivity contribution in [2.24, 2.45) is 5.73 Å². The molecule has 11 heteroatoms. The molecule has 0 bridgehead atoms. The summed E-state index contributed by atoms with van der Waals surface area (Å²) in [6.07, 6.45) is 3.06. The minimum atomic E-state index is -2.47. The summed E-state index contributed by atoms with van der Waals surface area (Å²) in [5, 5.41) is 3.46. The largest absolute Gasteiger partial charge is 0.500 e. The molecule has 0 heterocycles. The molecule has 3 N–H and O–H groups in total. The highest BCUT2D eigenvalue weighted by atomic mass is 28.4. The lowest BCUT2D eigenvalue weighted by Crippen LogP contribution is -2.47. The van der Waals surface area contributed by atoms with E-state index in [0.717, 1.165) is 51.0 Å². The molecule has 0 saturated heterocycles. The van der Waals surface area contributed by atoms with Gasteiger partial charge in [0.25, 0.3) is 0 Å². The van der Waals surface area contributed by atoms with E-state index in [9.17, 15) is 0 Å². The van der Waals surface area contributed by atoms with Gasteiger partial charge >= 0.3 is 17.6 Å². The summed E-state index contributed by atoms with van der Waals surface area (Å²) in [6.45, 7) is 20.8. The van der Waals surface area contributed by atoms with E-state index < -0.39 is 17.6 Å². The summed E-state index contributed by atoms with van der Waals surface area (Å²) in [5.41, 5.74) is 5.48. The molecular formula is C24H59N3O6Si2. The van der Waals surface area contributed by atoms with Crippen LogP contribution in [0.25, 0.3) is 0 Å². The van der Waals surface area contributed by atoms with Crippen LogP contribution in [0.15, 0.2) is 0 Å². The molecule has 9 nitrogen and oxygen atoms in total. The van der Waals surface area contributed by atoms with Gasteiger partial charge in [-0.1, -0.05) is 0 Å². The Bertz CT molecular complexity index is 419. The van der Waals surface area contributed by atoms with Gasteiger partial charge in [-0.2, -0.15) is 0 Å². The number of rotatable bonds is 23. The third kappa shape index (κ3) is 19.8. The fourth-order valence-corrected chi connectivity index (χ4v) is 8.94. The van der Waals surface area contributed by atoms with Crippen molar-refractivity contribution >= 4 is 17.6 Å². The van der Waals surface area contributed by atoms with E-state index in [4.69, 9.17) is 32.3 Å². The van der Waals surface area contributed by atoms with Crippen LogP contribution in [0, 0.1) is 0 Å². The molecule has 0 radical (unpaired) electrons. The molecule has 0 aliphatic carbocycles.